The van der Waals surface area contributed by atoms with Gasteiger partial charge in [-0.25, -0.2) is 0 Å². The van der Waals surface area contributed by atoms with Gasteiger partial charge in [-0.1, -0.05) is 24.3 Å². The molecule has 0 fully saturated rings. The molecule has 1 aromatic heterocycles. The summed E-state index contributed by atoms with van der Waals surface area (Å²) in [5, 5.41) is 13.7. The molecule has 1 unspecified atom stereocenters. The van der Waals surface area contributed by atoms with Gasteiger partial charge in [-0.3, -0.25) is 0 Å². The molecule has 1 heterocycles. The third-order valence-corrected chi connectivity index (χ3v) is 3.64. The quantitative estimate of drug-likeness (QED) is 0.857. The molecule has 0 aliphatic carbocycles. The Morgan fingerprint density at radius 3 is 2.69 bits per heavy atom. The van der Waals surface area contributed by atoms with Crippen molar-refractivity contribution in [2.45, 2.75) is 19.3 Å². The molecule has 0 bridgehead atoms. The third kappa shape index (κ3) is 2.52. The van der Waals surface area contributed by atoms with E-state index in [9.17, 15) is 5.11 Å². The molecule has 2 heteroatoms. The highest BCUT2D eigenvalue weighted by Crippen LogP contribution is 2.24. The first-order valence-electron chi connectivity index (χ1n) is 5.48. The molecule has 16 heavy (non-hydrogen) atoms. The Morgan fingerprint density at radius 1 is 1.25 bits per heavy atom. The summed E-state index contributed by atoms with van der Waals surface area (Å²) in [4.78, 5) is 0. The third-order valence-electron chi connectivity index (χ3n) is 2.91. The first kappa shape index (κ1) is 11.4. The molecule has 1 N–H and O–H groups in total. The fourth-order valence-corrected chi connectivity index (χ4v) is 2.69. The van der Waals surface area contributed by atoms with Crippen molar-refractivity contribution < 1.29 is 5.11 Å². The summed E-state index contributed by atoms with van der Waals surface area (Å²) in [5.41, 5.74) is 3.83. The molecule has 1 nitrogen and oxygen atoms in total. The number of aryl methyl sites for hydroxylation is 1. The highest BCUT2D eigenvalue weighted by molar-refractivity contribution is 7.07. The average Bonchev–Trinajstić information content (AvgIpc) is 2.80. The number of rotatable bonds is 4. The predicted molar refractivity (Wildman–Crippen MR) is 69.0 cm³/mol. The lowest BCUT2D eigenvalue weighted by Crippen LogP contribution is -2.08. The maximum atomic E-state index is 9.51. The minimum atomic E-state index is 0.209. The van der Waals surface area contributed by atoms with Crippen LogP contribution < -0.4 is 0 Å². The van der Waals surface area contributed by atoms with Crippen LogP contribution in [0.2, 0.25) is 0 Å². The molecule has 0 aliphatic rings. The van der Waals surface area contributed by atoms with Crippen molar-refractivity contribution in [3.8, 4) is 0 Å². The Labute approximate surface area is 100 Å². The van der Waals surface area contributed by atoms with Crippen molar-refractivity contribution >= 4 is 11.3 Å². The minimum absolute atomic E-state index is 0.209. The maximum Gasteiger partial charge on any atom is 0.0503 e. The van der Waals surface area contributed by atoms with Crippen LogP contribution >= 0.6 is 11.3 Å². The van der Waals surface area contributed by atoms with Crippen molar-refractivity contribution in [3.05, 3.63) is 57.8 Å². The van der Waals surface area contributed by atoms with Crippen LogP contribution in [0.5, 0.6) is 0 Å². The Bertz CT molecular complexity index is 434. The van der Waals surface area contributed by atoms with E-state index < -0.39 is 0 Å². The summed E-state index contributed by atoms with van der Waals surface area (Å²) in [6.07, 6.45) is 0.921. The van der Waals surface area contributed by atoms with Crippen molar-refractivity contribution in [2.24, 2.45) is 0 Å². The molecule has 2 rings (SSSR count). The van der Waals surface area contributed by atoms with E-state index in [-0.39, 0.29) is 12.5 Å². The van der Waals surface area contributed by atoms with Crippen LogP contribution in [0.1, 0.15) is 22.6 Å². The van der Waals surface area contributed by atoms with Crippen LogP contribution in [0.15, 0.2) is 41.1 Å². The van der Waals surface area contributed by atoms with Gasteiger partial charge >= 0.3 is 0 Å². The lowest BCUT2D eigenvalue weighted by molar-refractivity contribution is 0.264. The largest absolute Gasteiger partial charge is 0.396 e. The average molecular weight is 232 g/mol. The normalized spacial score (nSPS) is 12.6. The molecule has 0 spiro atoms. The van der Waals surface area contributed by atoms with Gasteiger partial charge in [0, 0.05) is 5.92 Å². The van der Waals surface area contributed by atoms with E-state index in [0.29, 0.717) is 0 Å². The number of hydrogen-bond acceptors (Lipinski definition) is 2. The minimum Gasteiger partial charge on any atom is -0.396 e. The Morgan fingerprint density at radius 2 is 2.06 bits per heavy atom. The van der Waals surface area contributed by atoms with Gasteiger partial charge in [0.15, 0.2) is 0 Å². The molecule has 0 saturated heterocycles. The van der Waals surface area contributed by atoms with Crippen LogP contribution in [-0.2, 0) is 6.42 Å². The van der Waals surface area contributed by atoms with Gasteiger partial charge in [-0.15, -0.1) is 0 Å². The number of thiophene rings is 1. The summed E-state index contributed by atoms with van der Waals surface area (Å²) >= 11 is 1.71. The fourth-order valence-electron chi connectivity index (χ4n) is 2.01. The fraction of sp³-hybridized carbons (Fsp3) is 0.286. The van der Waals surface area contributed by atoms with E-state index in [0.717, 1.165) is 6.42 Å². The van der Waals surface area contributed by atoms with E-state index in [1.165, 1.54) is 16.7 Å². The van der Waals surface area contributed by atoms with Crippen molar-refractivity contribution in [1.82, 2.24) is 0 Å². The van der Waals surface area contributed by atoms with E-state index in [1.54, 1.807) is 11.3 Å². The summed E-state index contributed by atoms with van der Waals surface area (Å²) < 4.78 is 0. The summed E-state index contributed by atoms with van der Waals surface area (Å²) in [6.45, 7) is 2.31. The van der Waals surface area contributed by atoms with Crippen molar-refractivity contribution in [1.29, 1.82) is 0 Å². The van der Waals surface area contributed by atoms with Crippen molar-refractivity contribution in [2.75, 3.05) is 6.61 Å². The smallest absolute Gasteiger partial charge is 0.0503 e. The first-order valence-corrected chi connectivity index (χ1v) is 6.43. The highest BCUT2D eigenvalue weighted by atomic mass is 32.1. The Balaban J connectivity index is 2.20. The molecule has 84 valence electrons. The van der Waals surface area contributed by atoms with Gasteiger partial charge < -0.3 is 5.11 Å². The van der Waals surface area contributed by atoms with Crippen LogP contribution in [0.4, 0.5) is 0 Å². The number of aliphatic hydroxyl groups excluding tert-OH is 1. The number of benzene rings is 1. The van der Waals surface area contributed by atoms with Gasteiger partial charge in [0.2, 0.25) is 0 Å². The van der Waals surface area contributed by atoms with Gasteiger partial charge in [0.1, 0.15) is 0 Å². The van der Waals surface area contributed by atoms with Crippen LogP contribution in [0, 0.1) is 6.92 Å². The van der Waals surface area contributed by atoms with Crippen LogP contribution in [0.3, 0.4) is 0 Å². The van der Waals surface area contributed by atoms with Crippen LogP contribution in [0.25, 0.3) is 0 Å². The monoisotopic (exact) mass is 232 g/mol. The molecule has 0 aliphatic heterocycles. The van der Waals surface area contributed by atoms with E-state index >= 15 is 0 Å². The Kier molecular flexibility index (Phi) is 3.75. The van der Waals surface area contributed by atoms with E-state index in [1.807, 2.05) is 12.1 Å². The molecule has 2 aromatic rings. The lowest BCUT2D eigenvalue weighted by atomic mass is 9.91. The summed E-state index contributed by atoms with van der Waals surface area (Å²) in [7, 11) is 0. The second kappa shape index (κ2) is 5.28. The molecule has 1 atom stereocenters. The highest BCUT2D eigenvalue weighted by Gasteiger charge is 2.13. The molecular formula is C14H16OS. The standard InChI is InChI=1S/C14H16OS/c1-11-4-2-3-5-14(11)13(9-15)8-12-6-7-16-10-12/h2-7,10,13,15H,8-9H2,1H3. The molecule has 0 saturated carbocycles. The molecule has 0 amide bonds. The lowest BCUT2D eigenvalue weighted by Gasteiger charge is -2.16. The maximum absolute atomic E-state index is 9.51. The summed E-state index contributed by atoms with van der Waals surface area (Å²) in [5.74, 6) is 0.218. The Hall–Kier alpha value is -1.12. The molecule has 0 radical (unpaired) electrons. The van der Waals surface area contributed by atoms with E-state index in [4.69, 9.17) is 0 Å². The second-order valence-electron chi connectivity index (χ2n) is 4.07. The van der Waals surface area contributed by atoms with Gasteiger partial charge in [-0.2, -0.15) is 11.3 Å². The van der Waals surface area contributed by atoms with Gasteiger partial charge in [0.25, 0.3) is 0 Å². The number of aliphatic hydroxyl groups is 1. The zero-order chi connectivity index (χ0) is 11.4. The van der Waals surface area contributed by atoms with Gasteiger partial charge in [0.05, 0.1) is 6.61 Å². The predicted octanol–water partition coefficient (Wildman–Crippen LogP) is 3.38. The first-order chi connectivity index (χ1) is 7.81. The SMILES string of the molecule is Cc1ccccc1C(CO)Cc1ccsc1. The second-order valence-corrected chi connectivity index (χ2v) is 4.85. The van der Waals surface area contributed by atoms with E-state index in [2.05, 4.69) is 35.9 Å². The molecular weight excluding hydrogens is 216 g/mol. The molecule has 1 aromatic carbocycles. The van der Waals surface area contributed by atoms with Crippen molar-refractivity contribution in [3.63, 3.8) is 0 Å². The van der Waals surface area contributed by atoms with Crippen LogP contribution in [-0.4, -0.2) is 11.7 Å². The zero-order valence-corrected chi connectivity index (χ0v) is 10.2. The number of hydrogen-bond donors (Lipinski definition) is 1. The zero-order valence-electron chi connectivity index (χ0n) is 9.39. The topological polar surface area (TPSA) is 20.2 Å². The summed E-state index contributed by atoms with van der Waals surface area (Å²) in [6, 6.07) is 10.4. The van der Waals surface area contributed by atoms with Gasteiger partial charge in [-0.05, 0) is 46.9 Å².